The topological polar surface area (TPSA) is 81.4 Å². The highest BCUT2D eigenvalue weighted by molar-refractivity contribution is 5.92. The van der Waals surface area contributed by atoms with E-state index in [1.807, 2.05) is 0 Å². The predicted octanol–water partition coefficient (Wildman–Crippen LogP) is 2.45. The maximum Gasteiger partial charge on any atom is 0.412 e. The minimum Gasteiger partial charge on any atom is -0.410 e. The molecule has 20 heavy (non-hydrogen) atoms. The van der Waals surface area contributed by atoms with E-state index in [1.165, 1.54) is 44.2 Å². The number of amides is 2. The Balaban J connectivity index is 1.77. The molecule has 1 aliphatic carbocycles. The molecule has 0 heterocycles. The van der Waals surface area contributed by atoms with Gasteiger partial charge in [0.05, 0.1) is 0 Å². The van der Waals surface area contributed by atoms with Crippen molar-refractivity contribution in [1.82, 2.24) is 5.32 Å². The molecule has 5 nitrogen and oxygen atoms in total. The SMILES string of the molecule is NC(=O)c1ccc(OC(=O)NCC2CCCCC2)cc1. The molecule has 0 radical (unpaired) electrons. The van der Waals surface area contributed by atoms with Crippen LogP contribution in [-0.4, -0.2) is 18.5 Å². The molecule has 0 unspecified atom stereocenters. The second-order valence-corrected chi connectivity index (χ2v) is 5.16. The van der Waals surface area contributed by atoms with Crippen molar-refractivity contribution in [2.45, 2.75) is 32.1 Å². The summed E-state index contributed by atoms with van der Waals surface area (Å²) in [4.78, 5) is 22.6. The van der Waals surface area contributed by atoms with Crippen LogP contribution in [0.2, 0.25) is 0 Å². The molecule has 0 spiro atoms. The summed E-state index contributed by atoms with van der Waals surface area (Å²) in [7, 11) is 0. The van der Waals surface area contributed by atoms with Crippen molar-refractivity contribution in [1.29, 1.82) is 0 Å². The summed E-state index contributed by atoms with van der Waals surface area (Å²) in [5.74, 6) is 0.461. The Labute approximate surface area is 118 Å². The van der Waals surface area contributed by atoms with Gasteiger partial charge in [-0.05, 0) is 43.0 Å². The van der Waals surface area contributed by atoms with Crippen LogP contribution >= 0.6 is 0 Å². The molecular formula is C15H20N2O3. The summed E-state index contributed by atoms with van der Waals surface area (Å²) in [5.41, 5.74) is 5.53. The van der Waals surface area contributed by atoms with Gasteiger partial charge in [-0.15, -0.1) is 0 Å². The Bertz CT molecular complexity index is 465. The first-order valence-corrected chi connectivity index (χ1v) is 7.00. The van der Waals surface area contributed by atoms with Gasteiger partial charge in [-0.2, -0.15) is 0 Å². The quantitative estimate of drug-likeness (QED) is 0.886. The maximum absolute atomic E-state index is 11.6. The standard InChI is InChI=1S/C15H20N2O3/c16-14(18)12-6-8-13(9-7-12)20-15(19)17-10-11-4-2-1-3-5-11/h6-9,11H,1-5,10H2,(H2,16,18)(H,17,19). The molecule has 0 aliphatic heterocycles. The second-order valence-electron chi connectivity index (χ2n) is 5.16. The lowest BCUT2D eigenvalue weighted by Gasteiger charge is -2.21. The van der Waals surface area contributed by atoms with Crippen LogP contribution in [0.15, 0.2) is 24.3 Å². The Kier molecular flexibility index (Phi) is 4.98. The zero-order valence-corrected chi connectivity index (χ0v) is 11.4. The molecular weight excluding hydrogens is 256 g/mol. The lowest BCUT2D eigenvalue weighted by Crippen LogP contribution is -2.32. The fourth-order valence-electron chi connectivity index (χ4n) is 2.45. The first-order chi connectivity index (χ1) is 9.65. The third kappa shape index (κ3) is 4.26. The highest BCUT2D eigenvalue weighted by Crippen LogP contribution is 2.22. The van der Waals surface area contributed by atoms with Gasteiger partial charge in [-0.25, -0.2) is 4.79 Å². The highest BCUT2D eigenvalue weighted by Gasteiger charge is 2.14. The van der Waals surface area contributed by atoms with Crippen LogP contribution in [0, 0.1) is 5.92 Å². The molecule has 3 N–H and O–H groups in total. The minimum absolute atomic E-state index is 0.389. The molecule has 0 bridgehead atoms. The van der Waals surface area contributed by atoms with E-state index in [-0.39, 0.29) is 0 Å². The third-order valence-corrected chi connectivity index (χ3v) is 3.61. The second kappa shape index (κ2) is 6.93. The summed E-state index contributed by atoms with van der Waals surface area (Å²) in [6, 6.07) is 6.18. The first kappa shape index (κ1) is 14.4. The Morgan fingerprint density at radius 2 is 1.80 bits per heavy atom. The number of nitrogens with two attached hydrogens (primary N) is 1. The zero-order valence-electron chi connectivity index (χ0n) is 11.4. The molecule has 1 aromatic carbocycles. The monoisotopic (exact) mass is 276 g/mol. The van der Waals surface area contributed by atoms with Crippen molar-refractivity contribution in [3.05, 3.63) is 29.8 Å². The zero-order chi connectivity index (χ0) is 14.4. The molecule has 1 saturated carbocycles. The van der Waals surface area contributed by atoms with Crippen molar-refractivity contribution in [3.8, 4) is 5.75 Å². The van der Waals surface area contributed by atoms with E-state index in [0.717, 1.165) is 0 Å². The number of nitrogens with one attached hydrogen (secondary N) is 1. The van der Waals surface area contributed by atoms with Crippen LogP contribution < -0.4 is 15.8 Å². The number of ether oxygens (including phenoxy) is 1. The molecule has 2 amide bonds. The van der Waals surface area contributed by atoms with E-state index in [4.69, 9.17) is 10.5 Å². The van der Waals surface area contributed by atoms with Gasteiger partial charge >= 0.3 is 6.09 Å². The van der Waals surface area contributed by atoms with Crippen LogP contribution in [-0.2, 0) is 0 Å². The fourth-order valence-corrected chi connectivity index (χ4v) is 2.45. The van der Waals surface area contributed by atoms with Gasteiger partial charge in [0.2, 0.25) is 5.91 Å². The molecule has 0 atom stereocenters. The van der Waals surface area contributed by atoms with Gasteiger partial charge in [0.25, 0.3) is 0 Å². The van der Waals surface area contributed by atoms with Gasteiger partial charge < -0.3 is 15.8 Å². The van der Waals surface area contributed by atoms with E-state index >= 15 is 0 Å². The number of carbonyl (C=O) groups is 2. The van der Waals surface area contributed by atoms with Gasteiger partial charge in [0, 0.05) is 12.1 Å². The molecule has 108 valence electrons. The van der Waals surface area contributed by atoms with Gasteiger partial charge in [-0.1, -0.05) is 19.3 Å². The Hall–Kier alpha value is -2.04. The van der Waals surface area contributed by atoms with Crippen molar-refractivity contribution in [3.63, 3.8) is 0 Å². The summed E-state index contributed by atoms with van der Waals surface area (Å²) in [6.45, 7) is 0.665. The van der Waals surface area contributed by atoms with Crippen molar-refractivity contribution in [2.24, 2.45) is 11.7 Å². The van der Waals surface area contributed by atoms with Crippen LogP contribution in [0.5, 0.6) is 5.75 Å². The molecule has 1 aromatic rings. The molecule has 0 aromatic heterocycles. The number of hydrogen-bond donors (Lipinski definition) is 2. The molecule has 5 heteroatoms. The summed E-state index contributed by atoms with van der Waals surface area (Å²) in [5, 5.41) is 2.79. The van der Waals surface area contributed by atoms with Gasteiger partial charge in [0.15, 0.2) is 0 Å². The summed E-state index contributed by atoms with van der Waals surface area (Å²) >= 11 is 0. The minimum atomic E-state index is -0.502. The molecule has 1 aliphatic rings. The van der Waals surface area contributed by atoms with Crippen LogP contribution in [0.25, 0.3) is 0 Å². The molecule has 1 fully saturated rings. The fraction of sp³-hybridized carbons (Fsp3) is 0.467. The average Bonchev–Trinajstić information content (AvgIpc) is 2.47. The van der Waals surface area contributed by atoms with Gasteiger partial charge in [0.1, 0.15) is 5.75 Å². The van der Waals surface area contributed by atoms with E-state index in [0.29, 0.717) is 23.8 Å². The number of primary amides is 1. The van der Waals surface area contributed by atoms with Crippen LogP contribution in [0.1, 0.15) is 42.5 Å². The smallest absolute Gasteiger partial charge is 0.410 e. The van der Waals surface area contributed by atoms with E-state index in [9.17, 15) is 9.59 Å². The van der Waals surface area contributed by atoms with Crippen molar-refractivity contribution in [2.75, 3.05) is 6.54 Å². The number of carbonyl (C=O) groups excluding carboxylic acids is 2. The third-order valence-electron chi connectivity index (χ3n) is 3.61. The average molecular weight is 276 g/mol. The maximum atomic E-state index is 11.6. The summed E-state index contributed by atoms with van der Waals surface area (Å²) in [6.07, 6.45) is 5.68. The first-order valence-electron chi connectivity index (χ1n) is 7.00. The van der Waals surface area contributed by atoms with E-state index < -0.39 is 12.0 Å². The van der Waals surface area contributed by atoms with Gasteiger partial charge in [-0.3, -0.25) is 4.79 Å². The Morgan fingerprint density at radius 1 is 1.15 bits per heavy atom. The normalized spacial score (nSPS) is 15.6. The summed E-state index contributed by atoms with van der Waals surface area (Å²) < 4.78 is 5.14. The number of hydrogen-bond acceptors (Lipinski definition) is 3. The number of benzene rings is 1. The van der Waals surface area contributed by atoms with Crippen LogP contribution in [0.3, 0.4) is 0 Å². The lowest BCUT2D eigenvalue weighted by atomic mass is 9.89. The van der Waals surface area contributed by atoms with E-state index in [1.54, 1.807) is 12.1 Å². The van der Waals surface area contributed by atoms with Crippen LogP contribution in [0.4, 0.5) is 4.79 Å². The molecule has 2 rings (SSSR count). The number of rotatable bonds is 4. The Morgan fingerprint density at radius 3 is 2.40 bits per heavy atom. The van der Waals surface area contributed by atoms with Crippen molar-refractivity contribution < 1.29 is 14.3 Å². The van der Waals surface area contributed by atoms with Crippen molar-refractivity contribution >= 4 is 12.0 Å². The molecule has 0 saturated heterocycles. The lowest BCUT2D eigenvalue weighted by molar-refractivity contribution is 0.100. The van der Waals surface area contributed by atoms with E-state index in [2.05, 4.69) is 5.32 Å². The predicted molar refractivity (Wildman–Crippen MR) is 75.6 cm³/mol. The largest absolute Gasteiger partial charge is 0.412 e. The highest BCUT2D eigenvalue weighted by atomic mass is 16.6.